The molecular formula is C9H11N5OS. The van der Waals surface area contributed by atoms with Gasteiger partial charge in [-0.1, -0.05) is 6.92 Å². The third kappa shape index (κ3) is 1.89. The molecule has 0 saturated heterocycles. The van der Waals surface area contributed by atoms with Crippen molar-refractivity contribution in [3.8, 4) is 0 Å². The number of aromatic amines is 1. The zero-order valence-corrected chi connectivity index (χ0v) is 9.47. The first-order chi connectivity index (χ1) is 7.72. The van der Waals surface area contributed by atoms with Gasteiger partial charge in [0.2, 0.25) is 0 Å². The number of amides is 1. The van der Waals surface area contributed by atoms with Crippen molar-refractivity contribution in [1.29, 1.82) is 0 Å². The van der Waals surface area contributed by atoms with Crippen molar-refractivity contribution in [1.82, 2.24) is 15.2 Å². The van der Waals surface area contributed by atoms with Gasteiger partial charge in [-0.2, -0.15) is 5.10 Å². The molecule has 84 valence electrons. The van der Waals surface area contributed by atoms with Gasteiger partial charge in [-0.3, -0.25) is 15.2 Å². The van der Waals surface area contributed by atoms with Gasteiger partial charge in [0.15, 0.2) is 10.8 Å². The summed E-state index contributed by atoms with van der Waals surface area (Å²) in [6.45, 7) is 1.94. The summed E-state index contributed by atoms with van der Waals surface area (Å²) in [6, 6.07) is 0. The van der Waals surface area contributed by atoms with E-state index in [4.69, 9.17) is 5.73 Å². The van der Waals surface area contributed by atoms with Gasteiger partial charge >= 0.3 is 0 Å². The first-order valence-electron chi connectivity index (χ1n) is 4.76. The first-order valence-corrected chi connectivity index (χ1v) is 5.64. The number of nitrogens with zero attached hydrogens (tertiary/aromatic N) is 2. The van der Waals surface area contributed by atoms with E-state index in [0.29, 0.717) is 17.2 Å². The Bertz CT molecular complexity index is 490. The molecule has 6 nitrogen and oxygen atoms in total. The first kappa shape index (κ1) is 10.6. The number of thiazole rings is 1. The van der Waals surface area contributed by atoms with E-state index in [1.165, 1.54) is 11.3 Å². The molecule has 2 aromatic rings. The third-order valence-corrected chi connectivity index (χ3v) is 2.79. The van der Waals surface area contributed by atoms with Crippen LogP contribution in [0, 0.1) is 0 Å². The zero-order chi connectivity index (χ0) is 11.5. The highest BCUT2D eigenvalue weighted by Gasteiger charge is 2.16. The topological polar surface area (TPSA) is 96.7 Å². The van der Waals surface area contributed by atoms with E-state index >= 15 is 0 Å². The Morgan fingerprint density at radius 3 is 3.06 bits per heavy atom. The van der Waals surface area contributed by atoms with Crippen molar-refractivity contribution < 1.29 is 4.79 Å². The predicted octanol–water partition coefficient (Wildman–Crippen LogP) is 1.26. The van der Waals surface area contributed by atoms with Gasteiger partial charge in [0.1, 0.15) is 0 Å². The second-order valence-corrected chi connectivity index (χ2v) is 4.00. The second-order valence-electron chi connectivity index (χ2n) is 3.11. The zero-order valence-electron chi connectivity index (χ0n) is 8.65. The van der Waals surface area contributed by atoms with Crippen LogP contribution in [0.15, 0.2) is 11.6 Å². The fourth-order valence-corrected chi connectivity index (χ4v) is 1.79. The maximum atomic E-state index is 11.8. The van der Waals surface area contributed by atoms with Crippen LogP contribution in [0.1, 0.15) is 23.1 Å². The highest BCUT2D eigenvalue weighted by molar-refractivity contribution is 7.13. The minimum atomic E-state index is -0.344. The van der Waals surface area contributed by atoms with Crippen LogP contribution in [0.4, 0.5) is 10.8 Å². The summed E-state index contributed by atoms with van der Waals surface area (Å²) in [6.07, 6.45) is 2.33. The van der Waals surface area contributed by atoms with Gasteiger partial charge in [0, 0.05) is 11.6 Å². The summed E-state index contributed by atoms with van der Waals surface area (Å²) in [7, 11) is 0. The van der Waals surface area contributed by atoms with Gasteiger partial charge in [0.25, 0.3) is 5.91 Å². The number of carbonyl (C=O) groups is 1. The highest BCUT2D eigenvalue weighted by Crippen LogP contribution is 2.17. The number of nitrogens with one attached hydrogen (secondary N) is 2. The fraction of sp³-hybridized carbons (Fsp3) is 0.222. The van der Waals surface area contributed by atoms with E-state index in [1.54, 1.807) is 11.6 Å². The number of aromatic nitrogens is 3. The number of anilines is 2. The van der Waals surface area contributed by atoms with E-state index in [9.17, 15) is 4.79 Å². The molecule has 0 unspecified atom stereocenters. The Morgan fingerprint density at radius 2 is 2.50 bits per heavy atom. The Balaban J connectivity index is 2.18. The number of H-pyrrole nitrogens is 1. The molecule has 2 aromatic heterocycles. The number of nitrogens with two attached hydrogens (primary N) is 1. The molecule has 0 atom stereocenters. The van der Waals surface area contributed by atoms with Gasteiger partial charge in [0.05, 0.1) is 11.4 Å². The lowest BCUT2D eigenvalue weighted by Crippen LogP contribution is -2.14. The van der Waals surface area contributed by atoms with Crippen LogP contribution < -0.4 is 11.1 Å². The maximum absolute atomic E-state index is 11.8. The average molecular weight is 237 g/mol. The Labute approximate surface area is 95.9 Å². The molecule has 7 heteroatoms. The molecule has 0 radical (unpaired) electrons. The molecule has 0 aliphatic heterocycles. The average Bonchev–Trinajstić information content (AvgIpc) is 2.87. The van der Waals surface area contributed by atoms with Gasteiger partial charge in [-0.25, -0.2) is 4.98 Å². The van der Waals surface area contributed by atoms with Crippen LogP contribution in [-0.4, -0.2) is 21.1 Å². The summed E-state index contributed by atoms with van der Waals surface area (Å²) in [5.74, 6) is -0.344. The second kappa shape index (κ2) is 4.31. The van der Waals surface area contributed by atoms with Crippen molar-refractivity contribution in [2.24, 2.45) is 0 Å². The van der Waals surface area contributed by atoms with Gasteiger partial charge in [-0.05, 0) is 6.42 Å². The lowest BCUT2D eigenvalue weighted by Gasteiger charge is -1.99. The van der Waals surface area contributed by atoms with E-state index < -0.39 is 0 Å². The Hall–Kier alpha value is -1.89. The highest BCUT2D eigenvalue weighted by atomic mass is 32.1. The van der Waals surface area contributed by atoms with Crippen molar-refractivity contribution >= 4 is 28.1 Å². The lowest BCUT2D eigenvalue weighted by atomic mass is 10.2. The van der Waals surface area contributed by atoms with Crippen LogP contribution >= 0.6 is 11.3 Å². The molecule has 0 fully saturated rings. The number of rotatable bonds is 3. The number of hydrogen-bond donors (Lipinski definition) is 3. The summed E-state index contributed by atoms with van der Waals surface area (Å²) in [5.41, 5.74) is 7.15. The van der Waals surface area contributed by atoms with Crippen LogP contribution in [0.2, 0.25) is 0 Å². The van der Waals surface area contributed by atoms with Crippen LogP contribution in [0.3, 0.4) is 0 Å². The molecule has 0 saturated carbocycles. The summed E-state index contributed by atoms with van der Waals surface area (Å²) in [5, 5.41) is 11.5. The maximum Gasteiger partial charge on any atom is 0.280 e. The van der Waals surface area contributed by atoms with Gasteiger partial charge in [-0.15, -0.1) is 11.3 Å². The van der Waals surface area contributed by atoms with Crippen LogP contribution in [0.5, 0.6) is 0 Å². The molecule has 2 rings (SSSR count). The summed E-state index contributed by atoms with van der Waals surface area (Å²) >= 11 is 1.34. The molecule has 0 aliphatic carbocycles. The van der Waals surface area contributed by atoms with Crippen LogP contribution in [0.25, 0.3) is 0 Å². The molecular weight excluding hydrogens is 226 g/mol. The van der Waals surface area contributed by atoms with Gasteiger partial charge < -0.3 is 5.73 Å². The number of carbonyl (C=O) groups excluding carboxylic acids is 1. The minimum Gasteiger partial charge on any atom is -0.395 e. The Morgan fingerprint density at radius 1 is 1.69 bits per heavy atom. The molecule has 2 heterocycles. The van der Waals surface area contributed by atoms with E-state index in [-0.39, 0.29) is 11.6 Å². The van der Waals surface area contributed by atoms with E-state index in [1.807, 2.05) is 6.92 Å². The van der Waals surface area contributed by atoms with Crippen LogP contribution in [-0.2, 0) is 6.42 Å². The van der Waals surface area contributed by atoms with E-state index in [2.05, 4.69) is 20.5 Å². The number of nitrogen functional groups attached to an aromatic ring is 1. The standard InChI is InChI=1S/C9H11N5OS/c1-2-5-6(10)7(14-13-5)8(15)12-9-11-3-4-16-9/h3-4H,2,10H2,1H3,(H,13,14)(H,11,12,15). The SMILES string of the molecule is CCc1[nH]nc(C(=O)Nc2nccs2)c1N. The van der Waals surface area contributed by atoms with Crippen molar-refractivity contribution in [2.45, 2.75) is 13.3 Å². The van der Waals surface area contributed by atoms with Crippen molar-refractivity contribution in [2.75, 3.05) is 11.1 Å². The quantitative estimate of drug-likeness (QED) is 0.748. The van der Waals surface area contributed by atoms with Crippen molar-refractivity contribution in [3.63, 3.8) is 0 Å². The predicted molar refractivity (Wildman–Crippen MR) is 62.4 cm³/mol. The molecule has 0 aromatic carbocycles. The molecule has 0 spiro atoms. The number of hydrogen-bond acceptors (Lipinski definition) is 5. The van der Waals surface area contributed by atoms with E-state index in [0.717, 1.165) is 5.69 Å². The summed E-state index contributed by atoms with van der Waals surface area (Å²) in [4.78, 5) is 15.7. The Kier molecular flexibility index (Phi) is 2.86. The smallest absolute Gasteiger partial charge is 0.280 e. The summed E-state index contributed by atoms with van der Waals surface area (Å²) < 4.78 is 0. The monoisotopic (exact) mass is 237 g/mol. The number of aryl methyl sites for hydroxylation is 1. The largest absolute Gasteiger partial charge is 0.395 e. The molecule has 16 heavy (non-hydrogen) atoms. The molecule has 0 bridgehead atoms. The molecule has 0 aliphatic rings. The minimum absolute atomic E-state index is 0.215. The molecule has 1 amide bonds. The third-order valence-electron chi connectivity index (χ3n) is 2.10. The normalized spacial score (nSPS) is 10.3. The molecule has 4 N–H and O–H groups in total. The fourth-order valence-electron chi connectivity index (χ4n) is 1.27. The van der Waals surface area contributed by atoms with Crippen molar-refractivity contribution in [3.05, 3.63) is 23.0 Å². The lowest BCUT2D eigenvalue weighted by molar-refractivity contribution is 0.102.